The SMILES string of the molecule is COc1cc(Cl)c(CCC(=O)O)c(C)c1OC. The van der Waals surface area contributed by atoms with Gasteiger partial charge in [-0.2, -0.15) is 0 Å². The fraction of sp³-hybridized carbons (Fsp3) is 0.417. The molecule has 1 N–H and O–H groups in total. The zero-order chi connectivity index (χ0) is 13.0. The van der Waals surface area contributed by atoms with E-state index in [1.807, 2.05) is 6.92 Å². The molecule has 0 aromatic heterocycles. The molecule has 0 aliphatic carbocycles. The number of hydrogen-bond acceptors (Lipinski definition) is 3. The van der Waals surface area contributed by atoms with Gasteiger partial charge in [0.25, 0.3) is 0 Å². The molecule has 0 saturated carbocycles. The predicted octanol–water partition coefficient (Wildman–Crippen LogP) is 2.68. The van der Waals surface area contributed by atoms with Crippen molar-refractivity contribution in [3.05, 3.63) is 22.2 Å². The van der Waals surface area contributed by atoms with Crippen LogP contribution in [0.15, 0.2) is 6.07 Å². The molecular formula is C12H15ClO4. The van der Waals surface area contributed by atoms with Gasteiger partial charge in [0.2, 0.25) is 0 Å². The molecule has 0 amide bonds. The summed E-state index contributed by atoms with van der Waals surface area (Å²) in [4.78, 5) is 10.6. The first-order valence-corrected chi connectivity index (χ1v) is 5.50. The lowest BCUT2D eigenvalue weighted by atomic mass is 10.0. The first kappa shape index (κ1) is 13.6. The number of methoxy groups -OCH3 is 2. The molecule has 1 aromatic carbocycles. The number of rotatable bonds is 5. The quantitative estimate of drug-likeness (QED) is 0.882. The Bertz CT molecular complexity index is 429. The van der Waals surface area contributed by atoms with Gasteiger partial charge in [-0.1, -0.05) is 11.6 Å². The highest BCUT2D eigenvalue weighted by Gasteiger charge is 2.16. The van der Waals surface area contributed by atoms with Gasteiger partial charge >= 0.3 is 5.97 Å². The Morgan fingerprint density at radius 1 is 1.41 bits per heavy atom. The predicted molar refractivity (Wildman–Crippen MR) is 65.2 cm³/mol. The lowest BCUT2D eigenvalue weighted by molar-refractivity contribution is -0.136. The maximum Gasteiger partial charge on any atom is 0.303 e. The maximum absolute atomic E-state index is 10.6. The number of benzene rings is 1. The maximum atomic E-state index is 10.6. The Kier molecular flexibility index (Phi) is 4.63. The minimum absolute atomic E-state index is 0.0377. The van der Waals surface area contributed by atoms with E-state index in [0.29, 0.717) is 22.9 Å². The summed E-state index contributed by atoms with van der Waals surface area (Å²) in [6.45, 7) is 1.84. The molecule has 0 unspecified atom stereocenters. The number of ether oxygens (including phenoxy) is 2. The Morgan fingerprint density at radius 2 is 2.06 bits per heavy atom. The van der Waals surface area contributed by atoms with E-state index in [0.717, 1.165) is 11.1 Å². The van der Waals surface area contributed by atoms with Gasteiger partial charge in [0.1, 0.15) is 0 Å². The van der Waals surface area contributed by atoms with Crippen LogP contribution in [0.4, 0.5) is 0 Å². The summed E-state index contributed by atoms with van der Waals surface area (Å²) >= 11 is 6.10. The first-order chi connectivity index (χ1) is 8.01. The molecule has 0 heterocycles. The Hall–Kier alpha value is -1.42. The van der Waals surface area contributed by atoms with Crippen molar-refractivity contribution in [2.75, 3.05) is 14.2 Å². The Morgan fingerprint density at radius 3 is 2.53 bits per heavy atom. The molecule has 0 aliphatic rings. The topological polar surface area (TPSA) is 55.8 Å². The van der Waals surface area contributed by atoms with Crippen molar-refractivity contribution >= 4 is 17.6 Å². The Labute approximate surface area is 105 Å². The van der Waals surface area contributed by atoms with Crippen LogP contribution in [0.1, 0.15) is 17.5 Å². The van der Waals surface area contributed by atoms with Gasteiger partial charge in [0, 0.05) is 17.5 Å². The van der Waals surface area contributed by atoms with Gasteiger partial charge < -0.3 is 14.6 Å². The molecule has 4 nitrogen and oxygen atoms in total. The van der Waals surface area contributed by atoms with Crippen LogP contribution < -0.4 is 9.47 Å². The van der Waals surface area contributed by atoms with Crippen molar-refractivity contribution in [1.82, 2.24) is 0 Å². The van der Waals surface area contributed by atoms with E-state index in [1.54, 1.807) is 13.2 Å². The zero-order valence-electron chi connectivity index (χ0n) is 10.0. The van der Waals surface area contributed by atoms with Crippen molar-refractivity contribution in [2.24, 2.45) is 0 Å². The second-order valence-corrected chi connectivity index (χ2v) is 4.00. The lowest BCUT2D eigenvalue weighted by Crippen LogP contribution is -2.02. The van der Waals surface area contributed by atoms with Crippen molar-refractivity contribution in [3.63, 3.8) is 0 Å². The second-order valence-electron chi connectivity index (χ2n) is 3.59. The van der Waals surface area contributed by atoms with Gasteiger partial charge in [-0.3, -0.25) is 4.79 Å². The molecule has 0 bridgehead atoms. The molecule has 0 radical (unpaired) electrons. The number of aliphatic carboxylic acids is 1. The van der Waals surface area contributed by atoms with E-state index in [4.69, 9.17) is 26.2 Å². The van der Waals surface area contributed by atoms with Crippen LogP contribution in [0.25, 0.3) is 0 Å². The average Bonchev–Trinajstić information content (AvgIpc) is 2.27. The summed E-state index contributed by atoms with van der Waals surface area (Å²) in [5, 5.41) is 9.19. The van der Waals surface area contributed by atoms with Gasteiger partial charge in [-0.25, -0.2) is 0 Å². The molecule has 0 saturated heterocycles. The summed E-state index contributed by atoms with van der Waals surface area (Å²) in [6.07, 6.45) is 0.413. The highest BCUT2D eigenvalue weighted by Crippen LogP contribution is 2.37. The summed E-state index contributed by atoms with van der Waals surface area (Å²) in [5.74, 6) is 0.293. The molecule has 0 atom stereocenters. The van der Waals surface area contributed by atoms with Crippen LogP contribution in [-0.2, 0) is 11.2 Å². The van der Waals surface area contributed by atoms with E-state index < -0.39 is 5.97 Å². The molecule has 0 spiro atoms. The van der Waals surface area contributed by atoms with E-state index in [-0.39, 0.29) is 6.42 Å². The first-order valence-electron chi connectivity index (χ1n) is 5.13. The van der Waals surface area contributed by atoms with Gasteiger partial charge in [0.15, 0.2) is 11.5 Å². The largest absolute Gasteiger partial charge is 0.493 e. The normalized spacial score (nSPS) is 10.1. The van der Waals surface area contributed by atoms with E-state index in [9.17, 15) is 4.79 Å². The third kappa shape index (κ3) is 3.03. The third-order valence-corrected chi connectivity index (χ3v) is 2.91. The molecule has 5 heteroatoms. The third-order valence-electron chi connectivity index (χ3n) is 2.58. The number of halogens is 1. The fourth-order valence-electron chi connectivity index (χ4n) is 1.71. The van der Waals surface area contributed by atoms with Crippen LogP contribution in [0.2, 0.25) is 5.02 Å². The van der Waals surface area contributed by atoms with Crippen LogP contribution in [0.3, 0.4) is 0 Å². The van der Waals surface area contributed by atoms with E-state index in [2.05, 4.69) is 0 Å². The highest BCUT2D eigenvalue weighted by molar-refractivity contribution is 6.31. The van der Waals surface area contributed by atoms with Crippen LogP contribution in [-0.4, -0.2) is 25.3 Å². The molecule has 17 heavy (non-hydrogen) atoms. The standard InChI is InChI=1S/C12H15ClO4/c1-7-8(4-5-11(14)15)9(13)6-10(16-2)12(7)17-3/h6H,4-5H2,1-3H3,(H,14,15). The monoisotopic (exact) mass is 258 g/mol. The van der Waals surface area contributed by atoms with Crippen molar-refractivity contribution < 1.29 is 19.4 Å². The molecule has 1 rings (SSSR count). The van der Waals surface area contributed by atoms with Gasteiger partial charge in [-0.15, -0.1) is 0 Å². The average molecular weight is 259 g/mol. The van der Waals surface area contributed by atoms with Crippen molar-refractivity contribution in [1.29, 1.82) is 0 Å². The molecule has 1 aromatic rings. The molecule has 0 fully saturated rings. The second kappa shape index (κ2) is 5.77. The summed E-state index contributed by atoms with van der Waals surface area (Å²) in [7, 11) is 3.07. The lowest BCUT2D eigenvalue weighted by Gasteiger charge is -2.15. The number of hydrogen-bond donors (Lipinski definition) is 1. The smallest absolute Gasteiger partial charge is 0.303 e. The minimum Gasteiger partial charge on any atom is -0.493 e. The molecule has 94 valence electrons. The summed E-state index contributed by atoms with van der Waals surface area (Å²) in [5.41, 5.74) is 1.60. The van der Waals surface area contributed by atoms with Crippen molar-refractivity contribution in [2.45, 2.75) is 19.8 Å². The van der Waals surface area contributed by atoms with Gasteiger partial charge in [-0.05, 0) is 24.5 Å². The van der Waals surface area contributed by atoms with E-state index in [1.165, 1.54) is 7.11 Å². The fourth-order valence-corrected chi connectivity index (χ4v) is 2.05. The number of carboxylic acid groups (broad SMARTS) is 1. The number of carbonyl (C=O) groups is 1. The van der Waals surface area contributed by atoms with Crippen molar-refractivity contribution in [3.8, 4) is 11.5 Å². The zero-order valence-corrected chi connectivity index (χ0v) is 10.8. The van der Waals surface area contributed by atoms with Crippen LogP contribution >= 0.6 is 11.6 Å². The molecule has 0 aliphatic heterocycles. The van der Waals surface area contributed by atoms with Crippen LogP contribution in [0, 0.1) is 6.92 Å². The van der Waals surface area contributed by atoms with Gasteiger partial charge in [0.05, 0.1) is 14.2 Å². The Balaban J connectivity index is 3.17. The van der Waals surface area contributed by atoms with Crippen LogP contribution in [0.5, 0.6) is 11.5 Å². The molecular weight excluding hydrogens is 244 g/mol. The summed E-state index contributed by atoms with van der Waals surface area (Å²) < 4.78 is 10.4. The highest BCUT2D eigenvalue weighted by atomic mass is 35.5. The number of carboxylic acids is 1. The minimum atomic E-state index is -0.852. The summed E-state index contributed by atoms with van der Waals surface area (Å²) in [6, 6.07) is 1.64. The van der Waals surface area contributed by atoms with E-state index >= 15 is 0 Å².